The zero-order chi connectivity index (χ0) is 19.4. The lowest BCUT2D eigenvalue weighted by Crippen LogP contribution is -2.33. The van der Waals surface area contributed by atoms with Crippen molar-refractivity contribution in [3.05, 3.63) is 29.3 Å². The number of carboxylic acids is 1. The van der Waals surface area contributed by atoms with Crippen molar-refractivity contribution in [3.63, 3.8) is 0 Å². The van der Waals surface area contributed by atoms with Gasteiger partial charge in [-0.2, -0.15) is 13.2 Å². The van der Waals surface area contributed by atoms with Crippen LogP contribution >= 0.6 is 0 Å². The van der Waals surface area contributed by atoms with Gasteiger partial charge in [-0.3, -0.25) is 14.4 Å². The number of carbonyl (C=O) groups is 3. The SMILES string of the molecule is Cc1ccc(C(=O)NCC(F)(F)F)cc1NC(=O)CC(C)(C)C(=O)O. The minimum absolute atomic E-state index is 0.0531. The summed E-state index contributed by atoms with van der Waals surface area (Å²) in [6, 6.07) is 4.05. The highest BCUT2D eigenvalue weighted by atomic mass is 19.4. The maximum atomic E-state index is 12.2. The molecule has 1 aromatic rings. The van der Waals surface area contributed by atoms with E-state index < -0.39 is 35.9 Å². The highest BCUT2D eigenvalue weighted by molar-refractivity contribution is 5.98. The summed E-state index contributed by atoms with van der Waals surface area (Å²) in [5, 5.41) is 13.2. The van der Waals surface area contributed by atoms with Crippen molar-refractivity contribution in [3.8, 4) is 0 Å². The zero-order valence-corrected chi connectivity index (χ0v) is 14.0. The van der Waals surface area contributed by atoms with Crippen molar-refractivity contribution in [2.75, 3.05) is 11.9 Å². The summed E-state index contributed by atoms with van der Waals surface area (Å²) in [5.41, 5.74) is -0.526. The number of hydrogen-bond donors (Lipinski definition) is 3. The number of rotatable bonds is 6. The molecule has 0 fully saturated rings. The molecule has 0 bridgehead atoms. The molecule has 0 aliphatic heterocycles. The Morgan fingerprint density at radius 3 is 2.28 bits per heavy atom. The summed E-state index contributed by atoms with van der Waals surface area (Å²) in [6.45, 7) is 2.95. The Balaban J connectivity index is 2.86. The van der Waals surface area contributed by atoms with E-state index in [4.69, 9.17) is 5.11 Å². The maximum absolute atomic E-state index is 12.2. The molecular formula is C16H19F3N2O4. The van der Waals surface area contributed by atoms with Crippen LogP contribution in [0, 0.1) is 12.3 Å². The smallest absolute Gasteiger partial charge is 0.405 e. The third-order valence-corrected chi connectivity index (χ3v) is 3.40. The lowest BCUT2D eigenvalue weighted by Gasteiger charge is -2.19. The van der Waals surface area contributed by atoms with Gasteiger partial charge in [0.1, 0.15) is 6.54 Å². The lowest BCUT2D eigenvalue weighted by atomic mass is 9.89. The van der Waals surface area contributed by atoms with Crippen LogP contribution < -0.4 is 10.6 Å². The molecule has 0 aromatic heterocycles. The Morgan fingerprint density at radius 2 is 1.76 bits per heavy atom. The van der Waals surface area contributed by atoms with Crippen LogP contribution in [0.2, 0.25) is 0 Å². The number of halogens is 3. The molecule has 0 radical (unpaired) electrons. The van der Waals surface area contributed by atoms with Crippen LogP contribution in [0.15, 0.2) is 18.2 Å². The molecule has 2 amide bonds. The molecule has 25 heavy (non-hydrogen) atoms. The van der Waals surface area contributed by atoms with Crippen LogP contribution in [0.25, 0.3) is 0 Å². The molecule has 0 unspecified atom stereocenters. The Labute approximate surface area is 142 Å². The first-order chi connectivity index (χ1) is 11.3. The Hall–Kier alpha value is -2.58. The third-order valence-electron chi connectivity index (χ3n) is 3.40. The van der Waals surface area contributed by atoms with Crippen LogP contribution in [0.4, 0.5) is 18.9 Å². The number of anilines is 1. The number of carbonyl (C=O) groups excluding carboxylic acids is 2. The van der Waals surface area contributed by atoms with Gasteiger partial charge in [0.25, 0.3) is 5.91 Å². The Kier molecular flexibility index (Phi) is 6.17. The Morgan fingerprint density at radius 1 is 1.16 bits per heavy atom. The minimum Gasteiger partial charge on any atom is -0.481 e. The van der Waals surface area contributed by atoms with Gasteiger partial charge in [-0.05, 0) is 38.5 Å². The topological polar surface area (TPSA) is 95.5 Å². The van der Waals surface area contributed by atoms with E-state index in [-0.39, 0.29) is 17.7 Å². The fourth-order valence-electron chi connectivity index (χ4n) is 1.85. The first-order valence-electron chi connectivity index (χ1n) is 7.31. The van der Waals surface area contributed by atoms with E-state index in [2.05, 4.69) is 5.32 Å². The molecule has 0 saturated heterocycles. The van der Waals surface area contributed by atoms with Crippen LogP contribution in [0.3, 0.4) is 0 Å². The van der Waals surface area contributed by atoms with Crippen molar-refractivity contribution in [1.29, 1.82) is 0 Å². The first-order valence-corrected chi connectivity index (χ1v) is 7.31. The number of benzene rings is 1. The van der Waals surface area contributed by atoms with E-state index >= 15 is 0 Å². The molecule has 1 aromatic carbocycles. The maximum Gasteiger partial charge on any atom is 0.405 e. The summed E-state index contributed by atoms with van der Waals surface area (Å²) in [5.74, 6) is -2.65. The van der Waals surface area contributed by atoms with E-state index in [1.165, 1.54) is 32.0 Å². The molecule has 0 aliphatic carbocycles. The van der Waals surface area contributed by atoms with E-state index in [1.807, 2.05) is 0 Å². The normalized spacial score (nSPS) is 11.8. The van der Waals surface area contributed by atoms with E-state index in [1.54, 1.807) is 12.2 Å². The van der Waals surface area contributed by atoms with Gasteiger partial charge in [0.05, 0.1) is 5.41 Å². The molecule has 0 saturated carbocycles. The van der Waals surface area contributed by atoms with E-state index in [9.17, 15) is 27.6 Å². The summed E-state index contributed by atoms with van der Waals surface area (Å²) in [6.07, 6.45) is -4.83. The molecular weight excluding hydrogens is 341 g/mol. The van der Waals surface area contributed by atoms with Gasteiger partial charge >= 0.3 is 12.1 Å². The second-order valence-corrected chi connectivity index (χ2v) is 6.24. The van der Waals surface area contributed by atoms with E-state index in [0.29, 0.717) is 5.56 Å². The van der Waals surface area contributed by atoms with Crippen molar-refractivity contribution >= 4 is 23.5 Å². The number of aryl methyl sites for hydroxylation is 1. The number of amides is 2. The fourth-order valence-corrected chi connectivity index (χ4v) is 1.85. The third kappa shape index (κ3) is 6.44. The van der Waals surface area contributed by atoms with Gasteiger partial charge in [0, 0.05) is 17.7 Å². The highest BCUT2D eigenvalue weighted by Gasteiger charge is 2.30. The van der Waals surface area contributed by atoms with Crippen LogP contribution in [-0.2, 0) is 9.59 Å². The van der Waals surface area contributed by atoms with Crippen molar-refractivity contribution in [2.24, 2.45) is 5.41 Å². The molecule has 0 atom stereocenters. The van der Waals surface area contributed by atoms with Gasteiger partial charge in [-0.25, -0.2) is 0 Å². The average molecular weight is 360 g/mol. The fraction of sp³-hybridized carbons (Fsp3) is 0.438. The van der Waals surface area contributed by atoms with Crippen molar-refractivity contribution in [1.82, 2.24) is 5.32 Å². The minimum atomic E-state index is -4.53. The van der Waals surface area contributed by atoms with Crippen LogP contribution in [0.1, 0.15) is 36.2 Å². The lowest BCUT2D eigenvalue weighted by molar-refractivity contribution is -0.149. The van der Waals surface area contributed by atoms with Crippen LogP contribution in [0.5, 0.6) is 0 Å². The number of nitrogens with one attached hydrogen (secondary N) is 2. The zero-order valence-electron chi connectivity index (χ0n) is 14.0. The number of carboxylic acid groups (broad SMARTS) is 1. The molecule has 6 nitrogen and oxygen atoms in total. The molecule has 0 heterocycles. The van der Waals surface area contributed by atoms with E-state index in [0.717, 1.165) is 0 Å². The molecule has 0 spiro atoms. The average Bonchev–Trinajstić information content (AvgIpc) is 2.45. The quantitative estimate of drug-likeness (QED) is 0.727. The van der Waals surface area contributed by atoms with Gasteiger partial charge < -0.3 is 15.7 Å². The monoisotopic (exact) mass is 360 g/mol. The second kappa shape index (κ2) is 7.54. The van der Waals surface area contributed by atoms with Crippen molar-refractivity contribution < 1.29 is 32.7 Å². The van der Waals surface area contributed by atoms with Gasteiger partial charge in [0.2, 0.25) is 5.91 Å². The number of aliphatic carboxylic acids is 1. The summed E-state index contributed by atoms with van der Waals surface area (Å²) in [4.78, 5) is 34.8. The standard InChI is InChI=1S/C16H19F3N2O4/c1-9-4-5-10(13(23)20-8-16(17,18)19)6-11(9)21-12(22)7-15(2,3)14(24)25/h4-6H,7-8H2,1-3H3,(H,20,23)(H,21,22)(H,24,25). The molecule has 1 rings (SSSR count). The summed E-state index contributed by atoms with van der Waals surface area (Å²) >= 11 is 0. The second-order valence-electron chi connectivity index (χ2n) is 6.24. The largest absolute Gasteiger partial charge is 0.481 e. The number of hydrogen-bond acceptors (Lipinski definition) is 3. The van der Waals surface area contributed by atoms with Crippen molar-refractivity contribution in [2.45, 2.75) is 33.4 Å². The first kappa shape index (κ1) is 20.5. The van der Waals surface area contributed by atoms with Gasteiger partial charge in [0.15, 0.2) is 0 Å². The molecule has 3 N–H and O–H groups in total. The molecule has 0 aliphatic rings. The molecule has 138 valence electrons. The van der Waals surface area contributed by atoms with Gasteiger partial charge in [-0.15, -0.1) is 0 Å². The predicted molar refractivity (Wildman–Crippen MR) is 84.2 cm³/mol. The number of alkyl halides is 3. The summed E-state index contributed by atoms with van der Waals surface area (Å²) in [7, 11) is 0. The Bertz CT molecular complexity index is 684. The highest BCUT2D eigenvalue weighted by Crippen LogP contribution is 2.23. The molecule has 9 heteroatoms. The summed E-state index contributed by atoms with van der Waals surface area (Å²) < 4.78 is 36.5. The van der Waals surface area contributed by atoms with Gasteiger partial charge in [-0.1, -0.05) is 6.07 Å². The van der Waals surface area contributed by atoms with Crippen LogP contribution in [-0.4, -0.2) is 35.6 Å². The predicted octanol–water partition coefficient (Wildman–Crippen LogP) is 2.73.